The van der Waals surface area contributed by atoms with Crippen molar-refractivity contribution in [3.63, 3.8) is 0 Å². The van der Waals surface area contributed by atoms with Gasteiger partial charge in [-0.05, 0) is 11.6 Å². The number of non-ortho nitro benzene ring substituents is 1. The number of carbonyl (C=O) groups is 2. The zero-order valence-electron chi connectivity index (χ0n) is 17.6. The summed E-state index contributed by atoms with van der Waals surface area (Å²) in [5, 5.41) is 22.8. The molecule has 0 saturated carbocycles. The van der Waals surface area contributed by atoms with Gasteiger partial charge in [0.05, 0.1) is 17.1 Å². The highest BCUT2D eigenvalue weighted by molar-refractivity contribution is 5.97. The number of piperazine rings is 1. The topological polar surface area (TPSA) is 125 Å². The fourth-order valence-corrected chi connectivity index (χ4v) is 3.45. The SMILES string of the molecule is O=C(OCC(=O)N1CCN(Cc2ccccc2)CC1)c1cc([N+](=O)[O-])ccc1NCCO. The Morgan fingerprint density at radius 1 is 1.09 bits per heavy atom. The Labute approximate surface area is 185 Å². The van der Waals surface area contributed by atoms with E-state index in [1.54, 1.807) is 4.90 Å². The third kappa shape index (κ3) is 6.25. The summed E-state index contributed by atoms with van der Waals surface area (Å²) in [6.45, 7) is 2.84. The monoisotopic (exact) mass is 442 g/mol. The zero-order valence-corrected chi connectivity index (χ0v) is 17.6. The number of aliphatic hydroxyl groups excluding tert-OH is 1. The van der Waals surface area contributed by atoms with Gasteiger partial charge in [0.1, 0.15) is 0 Å². The van der Waals surface area contributed by atoms with Gasteiger partial charge in [-0.2, -0.15) is 0 Å². The summed E-state index contributed by atoms with van der Waals surface area (Å²) in [6, 6.07) is 13.8. The average molecular weight is 442 g/mol. The van der Waals surface area contributed by atoms with E-state index in [0.717, 1.165) is 12.6 Å². The summed E-state index contributed by atoms with van der Waals surface area (Å²) >= 11 is 0. The zero-order chi connectivity index (χ0) is 22.9. The first kappa shape index (κ1) is 23.2. The van der Waals surface area contributed by atoms with Crippen molar-refractivity contribution in [3.8, 4) is 0 Å². The molecule has 0 unspecified atom stereocenters. The Bertz CT molecular complexity index is 945. The molecule has 1 amide bonds. The Hall–Kier alpha value is -3.50. The molecule has 10 heteroatoms. The van der Waals surface area contributed by atoms with E-state index in [9.17, 15) is 19.7 Å². The molecule has 0 aliphatic carbocycles. The minimum atomic E-state index is -0.842. The minimum Gasteiger partial charge on any atom is -0.452 e. The van der Waals surface area contributed by atoms with Crippen molar-refractivity contribution in [1.82, 2.24) is 9.80 Å². The molecule has 3 rings (SSSR count). The molecule has 1 saturated heterocycles. The van der Waals surface area contributed by atoms with E-state index in [2.05, 4.69) is 22.3 Å². The van der Waals surface area contributed by atoms with Crippen molar-refractivity contribution in [1.29, 1.82) is 0 Å². The highest BCUT2D eigenvalue weighted by atomic mass is 16.6. The number of amides is 1. The van der Waals surface area contributed by atoms with Gasteiger partial charge in [-0.25, -0.2) is 4.79 Å². The summed E-state index contributed by atoms with van der Waals surface area (Å²) in [4.78, 5) is 39.4. The minimum absolute atomic E-state index is 0.0619. The average Bonchev–Trinajstić information content (AvgIpc) is 2.82. The number of esters is 1. The number of rotatable bonds is 9. The maximum atomic E-state index is 12.5. The first-order valence-electron chi connectivity index (χ1n) is 10.3. The molecule has 1 fully saturated rings. The lowest BCUT2D eigenvalue weighted by atomic mass is 10.1. The van der Waals surface area contributed by atoms with Crippen LogP contribution in [-0.2, 0) is 16.1 Å². The van der Waals surface area contributed by atoms with Crippen LogP contribution in [0.5, 0.6) is 0 Å². The van der Waals surface area contributed by atoms with Gasteiger partial charge in [0, 0.05) is 57.1 Å². The van der Waals surface area contributed by atoms with Gasteiger partial charge < -0.3 is 20.1 Å². The number of hydrogen-bond donors (Lipinski definition) is 2. The Balaban J connectivity index is 1.53. The smallest absolute Gasteiger partial charge is 0.341 e. The number of nitrogens with zero attached hydrogens (tertiary/aromatic N) is 3. The van der Waals surface area contributed by atoms with Crippen LogP contribution in [0.3, 0.4) is 0 Å². The number of carbonyl (C=O) groups excluding carboxylic acids is 2. The van der Waals surface area contributed by atoms with Gasteiger partial charge >= 0.3 is 5.97 Å². The van der Waals surface area contributed by atoms with Crippen LogP contribution in [0.2, 0.25) is 0 Å². The van der Waals surface area contributed by atoms with E-state index in [0.29, 0.717) is 26.2 Å². The molecule has 2 N–H and O–H groups in total. The fraction of sp³-hybridized carbons (Fsp3) is 0.364. The molecule has 32 heavy (non-hydrogen) atoms. The Morgan fingerprint density at radius 2 is 1.81 bits per heavy atom. The number of hydrogen-bond acceptors (Lipinski definition) is 8. The summed E-state index contributed by atoms with van der Waals surface area (Å²) in [5.74, 6) is -1.15. The predicted octanol–water partition coefficient (Wildman–Crippen LogP) is 1.50. The summed E-state index contributed by atoms with van der Waals surface area (Å²) in [6.07, 6.45) is 0. The molecule has 0 spiro atoms. The number of aliphatic hydroxyl groups is 1. The van der Waals surface area contributed by atoms with E-state index in [1.165, 1.54) is 17.7 Å². The van der Waals surface area contributed by atoms with Crippen LogP contribution < -0.4 is 5.32 Å². The lowest BCUT2D eigenvalue weighted by Crippen LogP contribution is -2.49. The Kier molecular flexibility index (Phi) is 8.12. The van der Waals surface area contributed by atoms with Gasteiger partial charge in [0.15, 0.2) is 6.61 Å². The molecule has 0 radical (unpaired) electrons. The second-order valence-corrected chi connectivity index (χ2v) is 7.36. The van der Waals surface area contributed by atoms with Crippen LogP contribution in [-0.4, -0.2) is 77.6 Å². The Morgan fingerprint density at radius 3 is 2.47 bits per heavy atom. The third-order valence-electron chi connectivity index (χ3n) is 5.16. The lowest BCUT2D eigenvalue weighted by Gasteiger charge is -2.34. The van der Waals surface area contributed by atoms with Crippen molar-refractivity contribution in [2.75, 3.05) is 51.3 Å². The standard InChI is InChI=1S/C22H26N4O6/c27-13-8-23-20-7-6-18(26(30)31)14-19(20)22(29)32-16-21(28)25-11-9-24(10-12-25)15-17-4-2-1-3-5-17/h1-7,14,23,27H,8-13,15-16H2. The highest BCUT2D eigenvalue weighted by Crippen LogP contribution is 2.23. The second-order valence-electron chi connectivity index (χ2n) is 7.36. The highest BCUT2D eigenvalue weighted by Gasteiger charge is 2.24. The van der Waals surface area contributed by atoms with E-state index in [4.69, 9.17) is 9.84 Å². The van der Waals surface area contributed by atoms with Gasteiger partial charge in [0.2, 0.25) is 0 Å². The van der Waals surface area contributed by atoms with E-state index in [-0.39, 0.29) is 36.0 Å². The predicted molar refractivity (Wildman–Crippen MR) is 117 cm³/mol. The van der Waals surface area contributed by atoms with Crippen molar-refractivity contribution >= 4 is 23.3 Å². The number of ether oxygens (including phenoxy) is 1. The lowest BCUT2D eigenvalue weighted by molar-refractivity contribution is -0.384. The van der Waals surface area contributed by atoms with Gasteiger partial charge in [-0.1, -0.05) is 30.3 Å². The molecular formula is C22H26N4O6. The molecule has 0 aromatic heterocycles. The molecule has 1 aliphatic rings. The van der Waals surface area contributed by atoms with Gasteiger partial charge in [-0.3, -0.25) is 19.8 Å². The maximum Gasteiger partial charge on any atom is 0.341 e. The van der Waals surface area contributed by atoms with E-state index < -0.39 is 17.5 Å². The summed E-state index contributed by atoms with van der Waals surface area (Å²) in [5.41, 5.74) is 1.17. The molecule has 2 aromatic carbocycles. The largest absolute Gasteiger partial charge is 0.452 e. The van der Waals surface area contributed by atoms with Crippen LogP contribution in [0.1, 0.15) is 15.9 Å². The molecule has 1 heterocycles. The molecular weight excluding hydrogens is 416 g/mol. The normalized spacial score (nSPS) is 14.1. The molecule has 0 atom stereocenters. The number of nitro benzene ring substituents is 1. The van der Waals surface area contributed by atoms with Crippen LogP contribution in [0, 0.1) is 10.1 Å². The second kappa shape index (κ2) is 11.2. The quantitative estimate of drug-likeness (QED) is 0.340. The summed E-state index contributed by atoms with van der Waals surface area (Å²) in [7, 11) is 0. The van der Waals surface area contributed by atoms with E-state index >= 15 is 0 Å². The fourth-order valence-electron chi connectivity index (χ4n) is 3.45. The first-order valence-corrected chi connectivity index (χ1v) is 10.3. The van der Waals surface area contributed by atoms with Crippen LogP contribution >= 0.6 is 0 Å². The van der Waals surface area contributed by atoms with Crippen molar-refractivity contribution in [3.05, 3.63) is 69.8 Å². The molecule has 170 valence electrons. The van der Waals surface area contributed by atoms with E-state index in [1.807, 2.05) is 18.2 Å². The van der Waals surface area contributed by atoms with Crippen molar-refractivity contribution < 1.29 is 24.4 Å². The first-order chi connectivity index (χ1) is 15.5. The van der Waals surface area contributed by atoms with Crippen LogP contribution in [0.4, 0.5) is 11.4 Å². The van der Waals surface area contributed by atoms with Crippen molar-refractivity contribution in [2.24, 2.45) is 0 Å². The number of anilines is 1. The van der Waals surface area contributed by atoms with Gasteiger partial charge in [-0.15, -0.1) is 0 Å². The third-order valence-corrected chi connectivity index (χ3v) is 5.16. The maximum absolute atomic E-state index is 12.5. The molecule has 0 bridgehead atoms. The summed E-state index contributed by atoms with van der Waals surface area (Å²) < 4.78 is 5.15. The van der Waals surface area contributed by atoms with Crippen LogP contribution in [0.25, 0.3) is 0 Å². The van der Waals surface area contributed by atoms with Crippen molar-refractivity contribution in [2.45, 2.75) is 6.54 Å². The number of nitro groups is 1. The van der Waals surface area contributed by atoms with Crippen LogP contribution in [0.15, 0.2) is 48.5 Å². The molecule has 10 nitrogen and oxygen atoms in total. The number of nitrogens with one attached hydrogen (secondary N) is 1. The number of benzene rings is 2. The molecule has 2 aromatic rings. The molecule has 1 aliphatic heterocycles. The van der Waals surface area contributed by atoms with Gasteiger partial charge in [0.25, 0.3) is 11.6 Å².